The minimum Gasteiger partial charge on any atom is -0.490 e. The van der Waals surface area contributed by atoms with Crippen molar-refractivity contribution in [3.8, 4) is 17.6 Å². The Bertz CT molecular complexity index is 1240. The van der Waals surface area contributed by atoms with Gasteiger partial charge in [0.05, 0.1) is 12.2 Å². The molecule has 172 valence electrons. The molecule has 0 fully saturated rings. The van der Waals surface area contributed by atoms with Gasteiger partial charge >= 0.3 is 6.03 Å². The number of aromatic nitrogens is 3. The van der Waals surface area contributed by atoms with Crippen molar-refractivity contribution in [1.29, 1.82) is 0 Å². The van der Waals surface area contributed by atoms with E-state index in [0.29, 0.717) is 54.7 Å². The molecule has 0 radical (unpaired) electrons. The molecule has 34 heavy (non-hydrogen) atoms. The van der Waals surface area contributed by atoms with Crippen LogP contribution in [-0.2, 0) is 11.2 Å². The second kappa shape index (κ2) is 11.0. The molecule has 3 aromatic rings. The molecule has 4 heterocycles. The van der Waals surface area contributed by atoms with Gasteiger partial charge in [0, 0.05) is 32.1 Å². The summed E-state index contributed by atoms with van der Waals surface area (Å²) in [7, 11) is 1.59. The quantitative estimate of drug-likeness (QED) is 0.344. The number of nitrogens with zero attached hydrogens (tertiary/aromatic N) is 4. The molecule has 0 aromatic carbocycles. The van der Waals surface area contributed by atoms with Gasteiger partial charge in [-0.3, -0.25) is 15.0 Å². The zero-order valence-electron chi connectivity index (χ0n) is 18.7. The average molecular weight is 457 g/mol. The third kappa shape index (κ3) is 5.54. The van der Waals surface area contributed by atoms with E-state index < -0.39 is 0 Å². The van der Waals surface area contributed by atoms with Crippen molar-refractivity contribution in [2.24, 2.45) is 0 Å². The lowest BCUT2D eigenvalue weighted by molar-refractivity contribution is 0.111. The highest BCUT2D eigenvalue weighted by Gasteiger charge is 2.25. The summed E-state index contributed by atoms with van der Waals surface area (Å²) in [6, 6.07) is 10.2. The highest BCUT2D eigenvalue weighted by Crippen LogP contribution is 2.26. The van der Waals surface area contributed by atoms with Crippen LogP contribution in [0.15, 0.2) is 48.8 Å². The number of amides is 2. The van der Waals surface area contributed by atoms with Crippen molar-refractivity contribution in [3.05, 3.63) is 71.3 Å². The van der Waals surface area contributed by atoms with Crippen LogP contribution in [0.2, 0.25) is 0 Å². The molecule has 1 aliphatic heterocycles. The number of anilines is 2. The maximum atomic E-state index is 13.0. The molecule has 9 heteroatoms. The molecular weight excluding hydrogens is 434 g/mol. The number of aldehydes is 1. The first-order chi connectivity index (χ1) is 16.7. The Labute approximate surface area is 197 Å². The number of fused-ring (bicyclic) bond motifs is 1. The van der Waals surface area contributed by atoms with Gasteiger partial charge < -0.3 is 9.47 Å². The number of methoxy groups -OCH3 is 1. The van der Waals surface area contributed by atoms with Crippen LogP contribution in [0, 0.1) is 11.8 Å². The maximum Gasteiger partial charge on any atom is 0.328 e. The molecular formula is C25H23N5O4. The minimum absolute atomic E-state index is 0.279. The number of rotatable bonds is 6. The average Bonchev–Trinajstić information content (AvgIpc) is 2.88. The molecule has 0 bridgehead atoms. The van der Waals surface area contributed by atoms with Crippen molar-refractivity contribution in [2.45, 2.75) is 12.8 Å². The summed E-state index contributed by atoms with van der Waals surface area (Å²) in [6.45, 7) is 1.19. The lowest BCUT2D eigenvalue weighted by Crippen LogP contribution is -2.39. The number of nitrogens with one attached hydrogen (secondary N) is 1. The van der Waals surface area contributed by atoms with Gasteiger partial charge in [0.2, 0.25) is 0 Å². The zero-order valence-corrected chi connectivity index (χ0v) is 18.7. The monoisotopic (exact) mass is 457 g/mol. The van der Waals surface area contributed by atoms with Gasteiger partial charge in [-0.1, -0.05) is 18.1 Å². The second-order valence-electron chi connectivity index (χ2n) is 7.39. The predicted octanol–water partition coefficient (Wildman–Crippen LogP) is 3.09. The number of carbonyl (C=O) groups excluding carboxylic acids is 2. The summed E-state index contributed by atoms with van der Waals surface area (Å²) in [6.07, 6.45) is 5.47. The van der Waals surface area contributed by atoms with Gasteiger partial charge in [-0.05, 0) is 42.5 Å². The zero-order chi connectivity index (χ0) is 23.8. The van der Waals surface area contributed by atoms with Gasteiger partial charge in [0.15, 0.2) is 6.29 Å². The summed E-state index contributed by atoms with van der Waals surface area (Å²) in [5, 5.41) is 2.80. The molecule has 0 aliphatic carbocycles. The van der Waals surface area contributed by atoms with Gasteiger partial charge in [-0.25, -0.2) is 19.7 Å². The van der Waals surface area contributed by atoms with E-state index in [9.17, 15) is 9.59 Å². The number of carbonyl (C=O) groups is 2. The number of hydrogen-bond acceptors (Lipinski definition) is 7. The van der Waals surface area contributed by atoms with Gasteiger partial charge in [0.1, 0.15) is 35.4 Å². The van der Waals surface area contributed by atoms with E-state index in [2.05, 4.69) is 32.1 Å². The summed E-state index contributed by atoms with van der Waals surface area (Å²) >= 11 is 0. The number of pyridine rings is 3. The lowest BCUT2D eigenvalue weighted by Gasteiger charge is -2.28. The molecule has 3 aromatic heterocycles. The fraction of sp³-hybridized carbons (Fsp3) is 0.240. The second-order valence-corrected chi connectivity index (χ2v) is 7.39. The van der Waals surface area contributed by atoms with Crippen molar-refractivity contribution in [1.82, 2.24) is 15.0 Å². The van der Waals surface area contributed by atoms with E-state index in [1.807, 2.05) is 18.2 Å². The van der Waals surface area contributed by atoms with E-state index in [1.54, 1.807) is 37.7 Å². The lowest BCUT2D eigenvalue weighted by atomic mass is 10.1. The number of aryl methyl sites for hydroxylation is 1. The van der Waals surface area contributed by atoms with Crippen LogP contribution in [0.1, 0.15) is 33.7 Å². The summed E-state index contributed by atoms with van der Waals surface area (Å²) in [4.78, 5) is 38.6. The van der Waals surface area contributed by atoms with Crippen molar-refractivity contribution in [2.75, 3.05) is 37.1 Å². The molecule has 0 unspecified atom stereocenters. The maximum absolute atomic E-state index is 13.0. The van der Waals surface area contributed by atoms with E-state index in [-0.39, 0.29) is 11.7 Å². The molecule has 1 N–H and O–H groups in total. The highest BCUT2D eigenvalue weighted by molar-refractivity contribution is 6.01. The third-order valence-corrected chi connectivity index (χ3v) is 5.06. The van der Waals surface area contributed by atoms with E-state index in [0.717, 1.165) is 18.4 Å². The molecule has 0 saturated heterocycles. The number of urea groups is 1. The Morgan fingerprint density at radius 3 is 2.91 bits per heavy atom. The fourth-order valence-electron chi connectivity index (χ4n) is 3.42. The number of ether oxygens (including phenoxy) is 2. The first kappa shape index (κ1) is 22.9. The van der Waals surface area contributed by atoms with Crippen molar-refractivity contribution < 1.29 is 19.1 Å². The first-order valence-electron chi connectivity index (χ1n) is 10.8. The van der Waals surface area contributed by atoms with Crippen molar-refractivity contribution in [3.63, 3.8) is 0 Å². The number of hydrogen-bond donors (Lipinski definition) is 1. The molecule has 0 spiro atoms. The SMILES string of the molecule is COCCOc1cc(NC(=O)N2CCCc3ccc(C=O)nc32)ncc1C#Cc1ccccn1. The molecule has 1 aliphatic rings. The molecule has 4 rings (SSSR count). The van der Waals surface area contributed by atoms with Crippen LogP contribution < -0.4 is 15.0 Å². The van der Waals surface area contributed by atoms with Gasteiger partial charge in [-0.2, -0.15) is 0 Å². The normalized spacial score (nSPS) is 12.2. The molecule has 9 nitrogen and oxygen atoms in total. The van der Waals surface area contributed by atoms with Crippen LogP contribution in [-0.4, -0.2) is 54.1 Å². The van der Waals surface area contributed by atoms with Crippen LogP contribution in [0.25, 0.3) is 0 Å². The predicted molar refractivity (Wildman–Crippen MR) is 126 cm³/mol. The van der Waals surface area contributed by atoms with E-state index >= 15 is 0 Å². The topological polar surface area (TPSA) is 107 Å². The summed E-state index contributed by atoms with van der Waals surface area (Å²) < 4.78 is 10.9. The fourth-order valence-corrected chi connectivity index (χ4v) is 3.42. The molecule has 2 amide bonds. The van der Waals surface area contributed by atoms with Crippen LogP contribution in [0.4, 0.5) is 16.4 Å². The Hall–Kier alpha value is -4.29. The minimum atomic E-state index is -0.390. The Morgan fingerprint density at radius 2 is 2.12 bits per heavy atom. The van der Waals surface area contributed by atoms with E-state index in [1.165, 1.54) is 4.90 Å². The molecule has 0 saturated carbocycles. The Balaban J connectivity index is 1.56. The Kier molecular flexibility index (Phi) is 7.42. The van der Waals surface area contributed by atoms with Gasteiger partial charge in [-0.15, -0.1) is 0 Å². The highest BCUT2D eigenvalue weighted by atomic mass is 16.5. The largest absolute Gasteiger partial charge is 0.490 e. The van der Waals surface area contributed by atoms with Crippen molar-refractivity contribution >= 4 is 24.0 Å². The summed E-state index contributed by atoms with van der Waals surface area (Å²) in [5.74, 6) is 7.26. The molecule has 0 atom stereocenters. The third-order valence-electron chi connectivity index (χ3n) is 5.06. The van der Waals surface area contributed by atoms with Crippen LogP contribution >= 0.6 is 0 Å². The standard InChI is InChI=1S/C25H23N5O4/c1-33-13-14-34-22-15-23(27-16-19(22)8-9-20-6-2-3-11-26-20)29-25(32)30-12-4-5-18-7-10-21(17-31)28-24(18)30/h2-3,6-7,10-11,15-17H,4-5,12-14H2,1H3,(H,27,29,32). The Morgan fingerprint density at radius 1 is 1.21 bits per heavy atom. The van der Waals surface area contributed by atoms with E-state index in [4.69, 9.17) is 9.47 Å². The van der Waals surface area contributed by atoms with Gasteiger partial charge in [0.25, 0.3) is 0 Å². The smallest absolute Gasteiger partial charge is 0.328 e. The summed E-state index contributed by atoms with van der Waals surface area (Å²) in [5.41, 5.74) is 2.37. The van der Waals surface area contributed by atoms with Crippen LogP contribution in [0.5, 0.6) is 5.75 Å². The van der Waals surface area contributed by atoms with Crippen LogP contribution in [0.3, 0.4) is 0 Å². The first-order valence-corrected chi connectivity index (χ1v) is 10.8.